The summed E-state index contributed by atoms with van der Waals surface area (Å²) in [5.74, 6) is 0.905. The van der Waals surface area contributed by atoms with Crippen LogP contribution < -0.4 is 24.7 Å². The monoisotopic (exact) mass is 632 g/mol. The molecule has 0 saturated carbocycles. The maximum Gasteiger partial charge on any atom is 0.341 e. The number of rotatable bonds is 9. The number of anilines is 2. The molecule has 3 aromatic heterocycles. The minimum atomic E-state index is -1.30. The molecule has 236 valence electrons. The van der Waals surface area contributed by atoms with E-state index in [1.54, 1.807) is 30.0 Å². The Morgan fingerprint density at radius 2 is 1.93 bits per heavy atom. The molecule has 2 atom stereocenters. The summed E-state index contributed by atoms with van der Waals surface area (Å²) >= 11 is 6.86. The molecule has 45 heavy (non-hydrogen) atoms. The van der Waals surface area contributed by atoms with Crippen molar-refractivity contribution in [3.8, 4) is 17.4 Å². The Hall–Kier alpha value is -4.35. The fourth-order valence-electron chi connectivity index (χ4n) is 6.13. The lowest BCUT2D eigenvalue weighted by molar-refractivity contribution is 0.0695. The van der Waals surface area contributed by atoms with Crippen molar-refractivity contribution in [2.24, 2.45) is 5.92 Å². The molecule has 2 aliphatic heterocycles. The summed E-state index contributed by atoms with van der Waals surface area (Å²) in [6, 6.07) is 11.4. The second-order valence-corrected chi connectivity index (χ2v) is 12.6. The Morgan fingerprint density at radius 1 is 1.16 bits per heavy atom. The van der Waals surface area contributed by atoms with E-state index in [-0.39, 0.29) is 17.0 Å². The number of carboxylic acid groups (broad SMARTS) is 1. The summed E-state index contributed by atoms with van der Waals surface area (Å²) in [6.45, 7) is 7.00. The van der Waals surface area contributed by atoms with Crippen molar-refractivity contribution < 1.29 is 19.4 Å². The SMILES string of the molecule is COc1ccc(C)c(OC[C@H]2C[C@@H](C)CN2c2cc3c(cc2Cl)c(=O)c(C(=O)O)cn3-c2ccc(N3CC(N(C)C)C3)nc2)n1. The van der Waals surface area contributed by atoms with Gasteiger partial charge in [-0.2, -0.15) is 4.98 Å². The summed E-state index contributed by atoms with van der Waals surface area (Å²) < 4.78 is 13.2. The van der Waals surface area contributed by atoms with Gasteiger partial charge in [0.1, 0.15) is 18.0 Å². The van der Waals surface area contributed by atoms with Crippen molar-refractivity contribution in [1.82, 2.24) is 19.4 Å². The fourth-order valence-corrected chi connectivity index (χ4v) is 6.40. The number of hydrogen-bond donors (Lipinski definition) is 1. The first-order valence-electron chi connectivity index (χ1n) is 14.9. The number of aromatic nitrogens is 3. The van der Waals surface area contributed by atoms with Crippen LogP contribution >= 0.6 is 11.6 Å². The van der Waals surface area contributed by atoms with Crippen molar-refractivity contribution in [3.63, 3.8) is 0 Å². The average molecular weight is 633 g/mol. The number of aryl methyl sites for hydroxylation is 1. The molecular formula is C33H37ClN6O5. The predicted molar refractivity (Wildman–Crippen MR) is 175 cm³/mol. The number of benzene rings is 1. The number of halogens is 1. The lowest BCUT2D eigenvalue weighted by Gasteiger charge is -2.43. The highest BCUT2D eigenvalue weighted by Gasteiger charge is 2.33. The molecule has 2 saturated heterocycles. The minimum absolute atomic E-state index is 0.00992. The van der Waals surface area contributed by atoms with E-state index in [2.05, 4.69) is 45.7 Å². The highest BCUT2D eigenvalue weighted by atomic mass is 35.5. The van der Waals surface area contributed by atoms with E-state index in [0.717, 1.165) is 43.1 Å². The van der Waals surface area contributed by atoms with E-state index in [1.165, 1.54) is 6.20 Å². The first kappa shape index (κ1) is 30.7. The average Bonchev–Trinajstić information content (AvgIpc) is 3.36. The number of fused-ring (bicyclic) bond motifs is 1. The molecule has 5 heterocycles. The number of nitrogens with zero attached hydrogens (tertiary/aromatic N) is 6. The van der Waals surface area contributed by atoms with Crippen LogP contribution in [-0.4, -0.2) is 90.0 Å². The van der Waals surface area contributed by atoms with Crippen molar-refractivity contribution in [2.45, 2.75) is 32.4 Å². The quantitative estimate of drug-likeness (QED) is 0.283. The molecule has 0 spiro atoms. The maximum absolute atomic E-state index is 13.3. The number of hydrogen-bond acceptors (Lipinski definition) is 9. The molecule has 2 fully saturated rings. The van der Waals surface area contributed by atoms with Crippen molar-refractivity contribution in [3.05, 3.63) is 75.2 Å². The zero-order chi connectivity index (χ0) is 32.0. The number of carbonyl (C=O) groups is 1. The van der Waals surface area contributed by atoms with Crippen LogP contribution in [0, 0.1) is 12.8 Å². The summed E-state index contributed by atoms with van der Waals surface area (Å²) in [5, 5.41) is 10.5. The number of ether oxygens (including phenoxy) is 2. The largest absolute Gasteiger partial charge is 0.481 e. The van der Waals surface area contributed by atoms with Gasteiger partial charge in [-0.1, -0.05) is 18.5 Å². The third-order valence-electron chi connectivity index (χ3n) is 8.81. The smallest absolute Gasteiger partial charge is 0.341 e. The number of pyridine rings is 3. The Labute approximate surface area is 266 Å². The zero-order valence-electron chi connectivity index (χ0n) is 26.0. The number of likely N-dealkylation sites (N-methyl/N-ethyl adjacent to an activating group) is 1. The van der Waals surface area contributed by atoms with Gasteiger partial charge >= 0.3 is 5.97 Å². The fraction of sp³-hybridized carbons (Fsp3) is 0.394. The lowest BCUT2D eigenvalue weighted by Crippen LogP contribution is -2.57. The summed E-state index contributed by atoms with van der Waals surface area (Å²) in [7, 11) is 5.70. The third-order valence-corrected chi connectivity index (χ3v) is 9.11. The number of carboxylic acids is 1. The van der Waals surface area contributed by atoms with Gasteiger partial charge in [-0.05, 0) is 63.7 Å². The van der Waals surface area contributed by atoms with Gasteiger partial charge in [0, 0.05) is 48.9 Å². The van der Waals surface area contributed by atoms with Gasteiger partial charge in [-0.15, -0.1) is 0 Å². The molecule has 12 heteroatoms. The van der Waals surface area contributed by atoms with Gasteiger partial charge in [-0.25, -0.2) is 9.78 Å². The zero-order valence-corrected chi connectivity index (χ0v) is 26.8. The predicted octanol–water partition coefficient (Wildman–Crippen LogP) is 4.49. The van der Waals surface area contributed by atoms with Crippen LogP contribution in [0.3, 0.4) is 0 Å². The van der Waals surface area contributed by atoms with Crippen LogP contribution in [0.1, 0.15) is 29.3 Å². The van der Waals surface area contributed by atoms with Gasteiger partial charge in [-0.3, -0.25) is 4.79 Å². The van der Waals surface area contributed by atoms with E-state index in [1.807, 2.05) is 31.2 Å². The summed E-state index contributed by atoms with van der Waals surface area (Å²) in [5.41, 5.74) is 1.90. The molecule has 0 bridgehead atoms. The van der Waals surface area contributed by atoms with Crippen molar-refractivity contribution in [2.75, 3.05) is 57.2 Å². The highest BCUT2D eigenvalue weighted by Crippen LogP contribution is 2.37. The van der Waals surface area contributed by atoms with Gasteiger partial charge < -0.3 is 33.8 Å². The Morgan fingerprint density at radius 3 is 2.60 bits per heavy atom. The highest BCUT2D eigenvalue weighted by molar-refractivity contribution is 6.34. The topological polar surface area (TPSA) is 113 Å². The molecule has 6 rings (SSSR count). The summed E-state index contributed by atoms with van der Waals surface area (Å²) in [4.78, 5) is 41.2. The van der Waals surface area contributed by atoms with E-state index < -0.39 is 11.4 Å². The molecule has 0 radical (unpaired) electrons. The van der Waals surface area contributed by atoms with Crippen LogP contribution in [0.2, 0.25) is 5.02 Å². The van der Waals surface area contributed by atoms with Gasteiger partial charge in [0.05, 0.1) is 41.3 Å². The van der Waals surface area contributed by atoms with Crippen LogP contribution in [0.25, 0.3) is 16.6 Å². The molecule has 0 amide bonds. The molecule has 0 aliphatic carbocycles. The third kappa shape index (κ3) is 5.89. The normalized spacial score (nSPS) is 18.5. The number of methoxy groups -OCH3 is 1. The molecule has 1 aromatic carbocycles. The van der Waals surface area contributed by atoms with Gasteiger partial charge in [0.15, 0.2) is 0 Å². The van der Waals surface area contributed by atoms with E-state index >= 15 is 0 Å². The maximum atomic E-state index is 13.3. The Kier molecular flexibility index (Phi) is 8.32. The van der Waals surface area contributed by atoms with Crippen LogP contribution in [0.5, 0.6) is 11.8 Å². The standard InChI is InChI=1S/C33H37ClN6O5/c1-19-10-22(18-45-32-20(2)6-9-30(36-32)44-5)39(14-19)28-12-27-24(11-26(28)34)31(41)25(33(42)43)17-40(27)21-7-8-29(35-13-21)38-15-23(16-38)37(3)4/h6-9,11-13,17,19,22-23H,10,14-16,18H2,1-5H3,(H,42,43)/t19-,22-/m1/s1. The van der Waals surface area contributed by atoms with Crippen LogP contribution in [0.4, 0.5) is 11.5 Å². The molecule has 2 aliphatic rings. The molecule has 1 N–H and O–H groups in total. The molecule has 0 unspecified atom stereocenters. The summed E-state index contributed by atoms with van der Waals surface area (Å²) in [6.07, 6.45) is 3.95. The lowest BCUT2D eigenvalue weighted by atomic mass is 10.1. The molecule has 11 nitrogen and oxygen atoms in total. The molecule has 4 aromatic rings. The van der Waals surface area contributed by atoms with Crippen LogP contribution in [0.15, 0.2) is 53.6 Å². The number of aromatic carboxylic acids is 1. The van der Waals surface area contributed by atoms with Crippen molar-refractivity contribution in [1.29, 1.82) is 0 Å². The van der Waals surface area contributed by atoms with Crippen LogP contribution in [-0.2, 0) is 0 Å². The van der Waals surface area contributed by atoms with Gasteiger partial charge in [0.2, 0.25) is 17.2 Å². The molecular weight excluding hydrogens is 596 g/mol. The first-order valence-corrected chi connectivity index (χ1v) is 15.3. The van der Waals surface area contributed by atoms with E-state index in [9.17, 15) is 14.7 Å². The minimum Gasteiger partial charge on any atom is -0.481 e. The second-order valence-electron chi connectivity index (χ2n) is 12.2. The van der Waals surface area contributed by atoms with E-state index in [0.29, 0.717) is 46.6 Å². The Bertz CT molecular complexity index is 1800. The first-order chi connectivity index (χ1) is 21.5. The Balaban J connectivity index is 1.36. The second kappa shape index (κ2) is 12.2. The van der Waals surface area contributed by atoms with Crippen molar-refractivity contribution >= 4 is 40.0 Å². The van der Waals surface area contributed by atoms with E-state index in [4.69, 9.17) is 21.1 Å². The van der Waals surface area contributed by atoms with Gasteiger partial charge in [0.25, 0.3) is 0 Å².